The topological polar surface area (TPSA) is 116 Å². The maximum atomic E-state index is 12.3. The molecule has 7 nitrogen and oxygen atoms in total. The van der Waals surface area contributed by atoms with E-state index in [0.29, 0.717) is 0 Å². The van der Waals surface area contributed by atoms with E-state index in [4.69, 9.17) is 10.5 Å². The van der Waals surface area contributed by atoms with Gasteiger partial charge in [0.05, 0.1) is 10.5 Å². The highest BCUT2D eigenvalue weighted by Gasteiger charge is 2.18. The van der Waals surface area contributed by atoms with Crippen LogP contribution in [0.1, 0.15) is 17.3 Å². The van der Waals surface area contributed by atoms with Gasteiger partial charge in [-0.2, -0.15) is 0 Å². The largest absolute Gasteiger partial charge is 0.449 e. The fraction of sp³-hybridized carbons (Fsp3) is 0.125. The Morgan fingerprint density at radius 3 is 2.38 bits per heavy atom. The van der Waals surface area contributed by atoms with E-state index in [-0.39, 0.29) is 16.1 Å². The summed E-state index contributed by atoms with van der Waals surface area (Å²) >= 11 is 0. The summed E-state index contributed by atoms with van der Waals surface area (Å²) in [6.45, 7) is 1.35. The molecule has 0 bridgehead atoms. The molecule has 1 atom stereocenters. The van der Waals surface area contributed by atoms with Gasteiger partial charge in [-0.25, -0.2) is 13.2 Å². The highest BCUT2D eigenvalue weighted by atomic mass is 32.2. The first-order valence-corrected chi connectivity index (χ1v) is 8.46. The number of esters is 1. The van der Waals surface area contributed by atoms with Crippen LogP contribution in [-0.2, 0) is 19.6 Å². The van der Waals surface area contributed by atoms with Crippen molar-refractivity contribution in [2.45, 2.75) is 17.9 Å². The Bertz CT molecular complexity index is 850. The fourth-order valence-corrected chi connectivity index (χ4v) is 2.88. The quantitative estimate of drug-likeness (QED) is 0.768. The smallest absolute Gasteiger partial charge is 0.338 e. The third kappa shape index (κ3) is 4.32. The van der Waals surface area contributed by atoms with Gasteiger partial charge in [0.1, 0.15) is 0 Å². The molecule has 0 saturated heterocycles. The first-order chi connectivity index (χ1) is 11.3. The number of benzene rings is 2. The lowest BCUT2D eigenvalue weighted by Crippen LogP contribution is -2.30. The molecule has 0 aliphatic rings. The Labute approximate surface area is 139 Å². The predicted molar refractivity (Wildman–Crippen MR) is 87.8 cm³/mol. The Kier molecular flexibility index (Phi) is 5.20. The minimum Gasteiger partial charge on any atom is -0.449 e. The van der Waals surface area contributed by atoms with Gasteiger partial charge in [0, 0.05) is 5.69 Å². The van der Waals surface area contributed by atoms with Crippen LogP contribution < -0.4 is 10.5 Å². The summed E-state index contributed by atoms with van der Waals surface area (Å²) in [4.78, 5) is 23.0. The second-order valence-electron chi connectivity index (χ2n) is 4.95. The van der Waals surface area contributed by atoms with Crippen molar-refractivity contribution < 1.29 is 22.7 Å². The van der Waals surface area contributed by atoms with E-state index in [9.17, 15) is 18.0 Å². The average molecular weight is 348 g/mol. The number of primary amides is 1. The van der Waals surface area contributed by atoms with E-state index in [1.807, 2.05) is 0 Å². The molecule has 0 aliphatic heterocycles. The zero-order chi connectivity index (χ0) is 17.7. The number of nitrogens with one attached hydrogen (secondary N) is 1. The van der Waals surface area contributed by atoms with E-state index in [2.05, 4.69) is 4.72 Å². The molecule has 0 unspecified atom stereocenters. The predicted octanol–water partition coefficient (Wildman–Crippen LogP) is 1.52. The van der Waals surface area contributed by atoms with Crippen molar-refractivity contribution >= 4 is 27.6 Å². The SMILES string of the molecule is C[C@H](OC(=O)c1cccc(NS(=O)(=O)c2ccccc2)c1)C(N)=O. The van der Waals surface area contributed by atoms with Crippen LogP contribution in [0, 0.1) is 0 Å². The highest BCUT2D eigenvalue weighted by molar-refractivity contribution is 7.92. The molecule has 2 aromatic carbocycles. The van der Waals surface area contributed by atoms with Gasteiger partial charge in [-0.05, 0) is 37.3 Å². The maximum Gasteiger partial charge on any atom is 0.338 e. The van der Waals surface area contributed by atoms with Gasteiger partial charge in [0.2, 0.25) is 0 Å². The summed E-state index contributed by atoms with van der Waals surface area (Å²) in [5, 5.41) is 0. The monoisotopic (exact) mass is 348 g/mol. The summed E-state index contributed by atoms with van der Waals surface area (Å²) in [5.41, 5.74) is 5.32. The molecule has 0 heterocycles. The Hall–Kier alpha value is -2.87. The Morgan fingerprint density at radius 1 is 1.08 bits per heavy atom. The molecule has 1 amide bonds. The van der Waals surface area contributed by atoms with Crippen molar-refractivity contribution in [2.75, 3.05) is 4.72 Å². The van der Waals surface area contributed by atoms with Gasteiger partial charge in [0.25, 0.3) is 15.9 Å². The van der Waals surface area contributed by atoms with Crippen molar-refractivity contribution in [3.8, 4) is 0 Å². The van der Waals surface area contributed by atoms with E-state index >= 15 is 0 Å². The lowest BCUT2D eigenvalue weighted by Gasteiger charge is -2.11. The summed E-state index contributed by atoms with van der Waals surface area (Å²) in [6, 6.07) is 13.6. The zero-order valence-corrected chi connectivity index (χ0v) is 13.6. The second kappa shape index (κ2) is 7.14. The molecule has 24 heavy (non-hydrogen) atoms. The summed E-state index contributed by atoms with van der Waals surface area (Å²) < 4.78 is 31.8. The Morgan fingerprint density at radius 2 is 1.75 bits per heavy atom. The van der Waals surface area contributed by atoms with Gasteiger partial charge < -0.3 is 10.5 Å². The molecule has 0 fully saturated rings. The van der Waals surface area contributed by atoms with Gasteiger partial charge in [-0.1, -0.05) is 24.3 Å². The standard InChI is InChI=1S/C16H16N2O5S/c1-11(15(17)19)23-16(20)12-6-5-7-13(10-12)18-24(21,22)14-8-3-2-4-9-14/h2-11,18H,1H3,(H2,17,19)/t11-/m0/s1. The molecule has 0 spiro atoms. The molecule has 126 valence electrons. The maximum absolute atomic E-state index is 12.3. The number of carbonyl (C=O) groups is 2. The van der Waals surface area contributed by atoms with Crippen LogP contribution in [0.3, 0.4) is 0 Å². The number of hydrogen-bond acceptors (Lipinski definition) is 5. The number of hydrogen-bond donors (Lipinski definition) is 2. The van der Waals surface area contributed by atoms with Gasteiger partial charge in [0.15, 0.2) is 6.10 Å². The molecule has 0 aromatic heterocycles. The van der Waals surface area contributed by atoms with E-state index in [0.717, 1.165) is 0 Å². The molecule has 2 rings (SSSR count). The highest BCUT2D eigenvalue weighted by Crippen LogP contribution is 2.17. The summed E-state index contributed by atoms with van der Waals surface area (Å²) in [5.74, 6) is -1.55. The molecule has 8 heteroatoms. The van der Waals surface area contributed by atoms with Crippen molar-refractivity contribution in [1.29, 1.82) is 0 Å². The lowest BCUT2D eigenvalue weighted by molar-refractivity contribution is -0.125. The van der Waals surface area contributed by atoms with Crippen LogP contribution in [0.4, 0.5) is 5.69 Å². The fourth-order valence-electron chi connectivity index (χ4n) is 1.81. The number of sulfonamides is 1. The van der Waals surface area contributed by atoms with Crippen LogP contribution in [0.2, 0.25) is 0 Å². The molecule has 0 aliphatic carbocycles. The minimum atomic E-state index is -3.77. The number of amides is 1. The molecule has 0 saturated carbocycles. The molecular formula is C16H16N2O5S. The third-order valence-electron chi connectivity index (χ3n) is 3.09. The minimum absolute atomic E-state index is 0.0939. The zero-order valence-electron chi connectivity index (χ0n) is 12.8. The van der Waals surface area contributed by atoms with E-state index < -0.39 is 28.0 Å². The van der Waals surface area contributed by atoms with Crippen molar-refractivity contribution in [3.05, 3.63) is 60.2 Å². The number of rotatable bonds is 6. The lowest BCUT2D eigenvalue weighted by atomic mass is 10.2. The van der Waals surface area contributed by atoms with E-state index in [1.165, 1.54) is 43.3 Å². The third-order valence-corrected chi connectivity index (χ3v) is 4.49. The number of anilines is 1. The second-order valence-corrected chi connectivity index (χ2v) is 6.63. The first kappa shape index (κ1) is 17.5. The van der Waals surface area contributed by atoms with Gasteiger partial charge in [-0.15, -0.1) is 0 Å². The Balaban J connectivity index is 2.19. The number of nitrogens with two attached hydrogens (primary N) is 1. The van der Waals surface area contributed by atoms with Crippen LogP contribution in [-0.4, -0.2) is 26.4 Å². The van der Waals surface area contributed by atoms with Crippen molar-refractivity contribution in [2.24, 2.45) is 5.73 Å². The van der Waals surface area contributed by atoms with Crippen molar-refractivity contribution in [3.63, 3.8) is 0 Å². The number of carbonyl (C=O) groups excluding carboxylic acids is 2. The number of ether oxygens (including phenoxy) is 1. The average Bonchev–Trinajstić information content (AvgIpc) is 2.55. The van der Waals surface area contributed by atoms with Crippen LogP contribution >= 0.6 is 0 Å². The van der Waals surface area contributed by atoms with Crippen LogP contribution in [0.25, 0.3) is 0 Å². The summed E-state index contributed by atoms with van der Waals surface area (Å²) in [7, 11) is -3.77. The molecule has 0 radical (unpaired) electrons. The first-order valence-electron chi connectivity index (χ1n) is 6.98. The molecular weight excluding hydrogens is 332 g/mol. The van der Waals surface area contributed by atoms with Crippen molar-refractivity contribution in [1.82, 2.24) is 0 Å². The van der Waals surface area contributed by atoms with Crippen LogP contribution in [0.15, 0.2) is 59.5 Å². The molecule has 2 aromatic rings. The normalized spacial score (nSPS) is 12.2. The molecule has 3 N–H and O–H groups in total. The van der Waals surface area contributed by atoms with Gasteiger partial charge in [-0.3, -0.25) is 9.52 Å². The summed E-state index contributed by atoms with van der Waals surface area (Å²) in [6.07, 6.45) is -1.08. The van der Waals surface area contributed by atoms with E-state index in [1.54, 1.807) is 18.2 Å². The van der Waals surface area contributed by atoms with Gasteiger partial charge >= 0.3 is 5.97 Å². The van der Waals surface area contributed by atoms with Crippen LogP contribution in [0.5, 0.6) is 0 Å².